The summed E-state index contributed by atoms with van der Waals surface area (Å²) in [4.78, 5) is 16.4. The molecule has 1 aliphatic heterocycles. The summed E-state index contributed by atoms with van der Waals surface area (Å²) in [6, 6.07) is 0. The van der Waals surface area contributed by atoms with Crippen molar-refractivity contribution in [2.24, 2.45) is 5.92 Å². The van der Waals surface area contributed by atoms with Gasteiger partial charge in [-0.15, -0.1) is 11.3 Å². The van der Waals surface area contributed by atoms with E-state index in [-0.39, 0.29) is 5.91 Å². The van der Waals surface area contributed by atoms with Gasteiger partial charge in [0.15, 0.2) is 0 Å². The first-order chi connectivity index (χ1) is 12.1. The number of fused-ring (bicyclic) bond motifs is 1. The van der Waals surface area contributed by atoms with E-state index in [1.807, 2.05) is 0 Å². The highest BCUT2D eigenvalue weighted by atomic mass is 32.1. The van der Waals surface area contributed by atoms with Crippen molar-refractivity contribution in [3.8, 4) is 0 Å². The van der Waals surface area contributed by atoms with Gasteiger partial charge in [0.05, 0.1) is 0 Å². The fourth-order valence-electron chi connectivity index (χ4n) is 3.94. The van der Waals surface area contributed by atoms with E-state index < -0.39 is 0 Å². The summed E-state index contributed by atoms with van der Waals surface area (Å²) < 4.78 is 0. The molecule has 0 aromatic carbocycles. The highest BCUT2D eigenvalue weighted by molar-refractivity contribution is 7.16. The van der Waals surface area contributed by atoms with Crippen LogP contribution in [0.3, 0.4) is 0 Å². The molecule has 0 bridgehead atoms. The zero-order chi connectivity index (χ0) is 17.8. The van der Waals surface area contributed by atoms with E-state index in [4.69, 9.17) is 0 Å². The van der Waals surface area contributed by atoms with Crippen molar-refractivity contribution < 1.29 is 4.79 Å². The van der Waals surface area contributed by atoms with Gasteiger partial charge < -0.3 is 10.2 Å². The van der Waals surface area contributed by atoms with Gasteiger partial charge in [-0.2, -0.15) is 0 Å². The number of carbonyl (C=O) groups excluding carboxylic acids is 1. The lowest BCUT2D eigenvalue weighted by Crippen LogP contribution is -2.35. The van der Waals surface area contributed by atoms with Crippen LogP contribution in [0.15, 0.2) is 6.58 Å². The fraction of sp³-hybridized carbons (Fsp3) is 0.667. The van der Waals surface area contributed by atoms with Gasteiger partial charge in [-0.1, -0.05) is 20.4 Å². The van der Waals surface area contributed by atoms with Crippen LogP contribution in [0.4, 0.5) is 5.00 Å². The maximum Gasteiger partial charge on any atom is 0.226 e. The molecule has 25 heavy (non-hydrogen) atoms. The molecular formula is C21H32N2OS. The van der Waals surface area contributed by atoms with Crippen LogP contribution in [-0.2, 0) is 17.6 Å². The number of allylic oxidation sites excluding steroid dienone is 1. The van der Waals surface area contributed by atoms with Crippen LogP contribution >= 0.6 is 11.3 Å². The van der Waals surface area contributed by atoms with Gasteiger partial charge in [0.2, 0.25) is 5.91 Å². The van der Waals surface area contributed by atoms with Crippen LogP contribution in [0.1, 0.15) is 68.4 Å². The molecule has 0 spiro atoms. The predicted octanol–water partition coefficient (Wildman–Crippen LogP) is 5.11. The lowest BCUT2D eigenvalue weighted by atomic mass is 9.92. The minimum atomic E-state index is 0.155. The number of hydrogen-bond acceptors (Lipinski definition) is 3. The molecule has 0 unspecified atom stereocenters. The highest BCUT2D eigenvalue weighted by Gasteiger charge is 2.23. The maximum atomic E-state index is 12.5. The number of carbonyl (C=O) groups is 1. The number of amides is 1. The third-order valence-corrected chi connectivity index (χ3v) is 6.94. The molecule has 3 rings (SSSR count). The smallest absolute Gasteiger partial charge is 0.226 e. The quantitative estimate of drug-likeness (QED) is 0.764. The van der Waals surface area contributed by atoms with E-state index in [1.165, 1.54) is 47.3 Å². The lowest BCUT2D eigenvalue weighted by Gasteiger charge is -2.29. The molecule has 4 heteroatoms. The average molecular weight is 361 g/mol. The Labute approximate surface area is 156 Å². The molecule has 138 valence electrons. The Balaban J connectivity index is 1.62. The number of thiophene rings is 1. The SMILES string of the molecule is C=C(CC)c1c(NC(=O)CCN2CCC(C)CC2)sc2c1CCCC2. The van der Waals surface area contributed by atoms with Crippen LogP contribution in [0.5, 0.6) is 0 Å². The number of nitrogens with zero attached hydrogens (tertiary/aromatic N) is 1. The Bertz CT molecular complexity index is 626. The fourth-order valence-corrected chi connectivity index (χ4v) is 5.29. The Hall–Kier alpha value is -1.13. The van der Waals surface area contributed by atoms with Gasteiger partial charge in [0, 0.05) is 23.4 Å². The van der Waals surface area contributed by atoms with Gasteiger partial charge in [0.1, 0.15) is 5.00 Å². The lowest BCUT2D eigenvalue weighted by molar-refractivity contribution is -0.116. The summed E-state index contributed by atoms with van der Waals surface area (Å²) in [5, 5.41) is 4.28. The second-order valence-electron chi connectivity index (χ2n) is 7.69. The molecular weight excluding hydrogens is 328 g/mol. The number of anilines is 1. The van der Waals surface area contributed by atoms with Crippen molar-refractivity contribution in [3.05, 3.63) is 22.6 Å². The molecule has 1 aliphatic carbocycles. The van der Waals surface area contributed by atoms with Gasteiger partial charge in [-0.25, -0.2) is 0 Å². The summed E-state index contributed by atoms with van der Waals surface area (Å²) in [5.74, 6) is 0.993. The van der Waals surface area contributed by atoms with E-state index >= 15 is 0 Å². The van der Waals surface area contributed by atoms with Crippen LogP contribution in [0.2, 0.25) is 0 Å². The number of hydrogen-bond donors (Lipinski definition) is 1. The number of rotatable bonds is 6. The predicted molar refractivity (Wildman–Crippen MR) is 108 cm³/mol. The van der Waals surface area contributed by atoms with E-state index in [1.54, 1.807) is 11.3 Å². The number of piperidine rings is 1. The third-order valence-electron chi connectivity index (χ3n) is 5.74. The van der Waals surface area contributed by atoms with Crippen molar-refractivity contribution in [2.45, 2.75) is 65.2 Å². The molecule has 1 aromatic rings. The van der Waals surface area contributed by atoms with Crippen LogP contribution in [0.25, 0.3) is 5.57 Å². The summed E-state index contributed by atoms with van der Waals surface area (Å²) in [5.41, 5.74) is 3.88. The molecule has 3 nitrogen and oxygen atoms in total. The minimum Gasteiger partial charge on any atom is -0.317 e. The second-order valence-corrected chi connectivity index (χ2v) is 8.80. The van der Waals surface area contributed by atoms with Crippen molar-refractivity contribution in [1.82, 2.24) is 4.90 Å². The first-order valence-electron chi connectivity index (χ1n) is 9.93. The summed E-state index contributed by atoms with van der Waals surface area (Å²) in [6.45, 7) is 11.9. The van der Waals surface area contributed by atoms with Crippen molar-refractivity contribution >= 4 is 27.8 Å². The molecule has 0 radical (unpaired) electrons. The third kappa shape index (κ3) is 4.53. The minimum absolute atomic E-state index is 0.155. The first-order valence-corrected chi connectivity index (χ1v) is 10.7. The van der Waals surface area contributed by atoms with E-state index in [0.717, 1.165) is 49.8 Å². The van der Waals surface area contributed by atoms with Gasteiger partial charge in [-0.05, 0) is 75.1 Å². The van der Waals surface area contributed by atoms with Crippen LogP contribution in [-0.4, -0.2) is 30.4 Å². The number of aryl methyl sites for hydroxylation is 1. The monoisotopic (exact) mass is 360 g/mol. The van der Waals surface area contributed by atoms with E-state index in [2.05, 4.69) is 30.6 Å². The average Bonchev–Trinajstić information content (AvgIpc) is 2.98. The summed E-state index contributed by atoms with van der Waals surface area (Å²) in [7, 11) is 0. The van der Waals surface area contributed by atoms with E-state index in [0.29, 0.717) is 6.42 Å². The highest BCUT2D eigenvalue weighted by Crippen LogP contribution is 2.42. The zero-order valence-corrected chi connectivity index (χ0v) is 16.6. The molecule has 1 fully saturated rings. The van der Waals surface area contributed by atoms with Gasteiger partial charge in [-0.3, -0.25) is 4.79 Å². The molecule has 2 heterocycles. The van der Waals surface area contributed by atoms with Crippen molar-refractivity contribution in [2.75, 3.05) is 25.0 Å². The number of likely N-dealkylation sites (tertiary alicyclic amines) is 1. The van der Waals surface area contributed by atoms with Crippen molar-refractivity contribution in [3.63, 3.8) is 0 Å². The van der Waals surface area contributed by atoms with Crippen molar-refractivity contribution in [1.29, 1.82) is 0 Å². The molecule has 1 aromatic heterocycles. The molecule has 0 saturated carbocycles. The first kappa shape index (κ1) is 18.7. The zero-order valence-electron chi connectivity index (χ0n) is 15.8. The van der Waals surface area contributed by atoms with Crippen LogP contribution < -0.4 is 5.32 Å². The summed E-state index contributed by atoms with van der Waals surface area (Å²) in [6.07, 6.45) is 8.89. The molecule has 1 amide bonds. The maximum absolute atomic E-state index is 12.5. The standard InChI is InChI=1S/C21H32N2OS/c1-4-16(3)20-17-7-5-6-8-18(17)25-21(20)22-19(24)11-14-23-12-9-15(2)10-13-23/h15H,3-14H2,1-2H3,(H,22,24). The summed E-state index contributed by atoms with van der Waals surface area (Å²) >= 11 is 1.79. The molecule has 0 atom stereocenters. The largest absolute Gasteiger partial charge is 0.317 e. The Morgan fingerprint density at radius 1 is 1.28 bits per heavy atom. The number of nitrogens with one attached hydrogen (secondary N) is 1. The van der Waals surface area contributed by atoms with Gasteiger partial charge in [0.25, 0.3) is 0 Å². The Kier molecular flexibility index (Phi) is 6.34. The normalized spacial score (nSPS) is 18.8. The molecule has 1 saturated heterocycles. The van der Waals surface area contributed by atoms with E-state index in [9.17, 15) is 4.79 Å². The Morgan fingerprint density at radius 3 is 2.72 bits per heavy atom. The molecule has 2 aliphatic rings. The second kappa shape index (κ2) is 8.50. The topological polar surface area (TPSA) is 32.3 Å². The van der Waals surface area contributed by atoms with Gasteiger partial charge >= 0.3 is 0 Å². The Morgan fingerprint density at radius 2 is 2.00 bits per heavy atom. The van der Waals surface area contributed by atoms with Crippen LogP contribution in [0, 0.1) is 5.92 Å². The molecule has 1 N–H and O–H groups in total.